The first kappa shape index (κ1) is 16.4. The summed E-state index contributed by atoms with van der Waals surface area (Å²) >= 11 is 6.38. The number of hydrogen-bond donors (Lipinski definition) is 0. The summed E-state index contributed by atoms with van der Waals surface area (Å²) in [5.74, 6) is -2.07. The third-order valence-corrected chi connectivity index (χ3v) is 4.58. The summed E-state index contributed by atoms with van der Waals surface area (Å²) < 4.78 is 64.8. The van der Waals surface area contributed by atoms with E-state index < -0.39 is 28.2 Å². The monoisotopic (exact) mass is 428 g/mol. The Morgan fingerprint density at radius 2 is 1.57 bits per heavy atom. The minimum absolute atomic E-state index is 0.274. The Bertz CT molecular complexity index is 667. The fourth-order valence-electron chi connectivity index (χ4n) is 1.76. The molecule has 0 nitrogen and oxygen atoms in total. The highest BCUT2D eigenvalue weighted by atomic mass is 79.9. The standard InChI is InChI=1S/C14H7Br2F5/c15-10-3-2-8(14(19,20)21)6-9(10)13(16)7-1-4-11(17)12(18)5-7/h1-6,13H. The second kappa shape index (κ2) is 6.04. The van der Waals surface area contributed by atoms with Gasteiger partial charge in [-0.15, -0.1) is 0 Å². The highest BCUT2D eigenvalue weighted by Crippen LogP contribution is 2.39. The molecule has 0 aliphatic heterocycles. The summed E-state index contributed by atoms with van der Waals surface area (Å²) in [5, 5.41) is 0. The molecule has 0 spiro atoms. The van der Waals surface area contributed by atoms with Crippen LogP contribution in [0.2, 0.25) is 0 Å². The molecule has 21 heavy (non-hydrogen) atoms. The van der Waals surface area contributed by atoms with E-state index in [1.807, 2.05) is 0 Å². The Morgan fingerprint density at radius 1 is 0.905 bits per heavy atom. The Labute approximate surface area is 134 Å². The molecule has 0 aliphatic carbocycles. The van der Waals surface area contributed by atoms with Crippen molar-refractivity contribution in [2.75, 3.05) is 0 Å². The largest absolute Gasteiger partial charge is 0.416 e. The van der Waals surface area contributed by atoms with Crippen molar-refractivity contribution in [3.63, 3.8) is 0 Å². The van der Waals surface area contributed by atoms with E-state index in [0.29, 0.717) is 10.0 Å². The van der Waals surface area contributed by atoms with Gasteiger partial charge in [0, 0.05) is 4.47 Å². The zero-order valence-electron chi connectivity index (χ0n) is 10.2. The van der Waals surface area contributed by atoms with E-state index in [4.69, 9.17) is 0 Å². The molecule has 0 aliphatic rings. The van der Waals surface area contributed by atoms with Gasteiger partial charge in [0.25, 0.3) is 0 Å². The molecule has 2 aromatic carbocycles. The van der Waals surface area contributed by atoms with Gasteiger partial charge in [-0.3, -0.25) is 0 Å². The number of halogens is 7. The molecular weight excluding hydrogens is 423 g/mol. The molecule has 112 valence electrons. The third kappa shape index (κ3) is 3.63. The van der Waals surface area contributed by atoms with E-state index >= 15 is 0 Å². The SMILES string of the molecule is Fc1ccc(C(Br)c2cc(C(F)(F)F)ccc2Br)cc1F. The van der Waals surface area contributed by atoms with Gasteiger partial charge in [0.15, 0.2) is 11.6 Å². The van der Waals surface area contributed by atoms with Gasteiger partial charge >= 0.3 is 6.18 Å². The van der Waals surface area contributed by atoms with Gasteiger partial charge in [-0.2, -0.15) is 13.2 Å². The van der Waals surface area contributed by atoms with Crippen LogP contribution in [0, 0.1) is 11.6 Å². The molecule has 0 aromatic heterocycles. The molecule has 1 unspecified atom stereocenters. The van der Waals surface area contributed by atoms with Gasteiger partial charge in [-0.05, 0) is 41.5 Å². The summed E-state index contributed by atoms with van der Waals surface area (Å²) in [4.78, 5) is -0.704. The smallest absolute Gasteiger partial charge is 0.204 e. The van der Waals surface area contributed by atoms with Gasteiger partial charge in [0.1, 0.15) is 0 Å². The summed E-state index contributed by atoms with van der Waals surface area (Å²) in [6.07, 6.45) is -4.48. The van der Waals surface area contributed by atoms with Crippen molar-refractivity contribution < 1.29 is 22.0 Å². The van der Waals surface area contributed by atoms with E-state index in [-0.39, 0.29) is 5.56 Å². The van der Waals surface area contributed by atoms with Crippen LogP contribution < -0.4 is 0 Å². The van der Waals surface area contributed by atoms with Crippen molar-refractivity contribution in [2.45, 2.75) is 11.0 Å². The fraction of sp³-hybridized carbons (Fsp3) is 0.143. The van der Waals surface area contributed by atoms with Gasteiger partial charge in [-0.1, -0.05) is 37.9 Å². The van der Waals surface area contributed by atoms with Crippen LogP contribution >= 0.6 is 31.9 Å². The van der Waals surface area contributed by atoms with Crippen molar-refractivity contribution in [2.24, 2.45) is 0 Å². The van der Waals surface area contributed by atoms with Crippen LogP contribution in [0.3, 0.4) is 0 Å². The Balaban J connectivity index is 2.47. The predicted molar refractivity (Wildman–Crippen MR) is 76.3 cm³/mol. The normalized spacial score (nSPS) is 13.3. The first-order chi connectivity index (χ1) is 9.70. The van der Waals surface area contributed by atoms with E-state index in [2.05, 4.69) is 31.9 Å². The number of rotatable bonds is 2. The Kier molecular flexibility index (Phi) is 4.72. The second-order valence-electron chi connectivity index (χ2n) is 4.27. The minimum atomic E-state index is -4.48. The predicted octanol–water partition coefficient (Wildman–Crippen LogP) is 6.23. The maximum atomic E-state index is 13.2. The molecular formula is C14H7Br2F5. The fourth-order valence-corrected chi connectivity index (χ4v) is 3.21. The molecule has 0 fully saturated rings. The van der Waals surface area contributed by atoms with Gasteiger partial charge in [-0.25, -0.2) is 8.78 Å². The maximum Gasteiger partial charge on any atom is 0.416 e. The quantitative estimate of drug-likeness (QED) is 0.392. The zero-order chi connectivity index (χ0) is 15.8. The van der Waals surface area contributed by atoms with E-state index in [9.17, 15) is 22.0 Å². The molecule has 0 saturated heterocycles. The van der Waals surface area contributed by atoms with Gasteiger partial charge in [0.2, 0.25) is 0 Å². The van der Waals surface area contributed by atoms with Crippen LogP contribution in [0.4, 0.5) is 22.0 Å². The summed E-state index contributed by atoms with van der Waals surface area (Å²) in [6.45, 7) is 0. The first-order valence-corrected chi connectivity index (χ1v) is 7.36. The minimum Gasteiger partial charge on any atom is -0.204 e. The van der Waals surface area contributed by atoms with E-state index in [1.54, 1.807) is 0 Å². The molecule has 0 amide bonds. The lowest BCUT2D eigenvalue weighted by atomic mass is 10.0. The number of alkyl halides is 4. The molecule has 0 heterocycles. The molecule has 0 saturated carbocycles. The van der Waals surface area contributed by atoms with Crippen molar-refractivity contribution >= 4 is 31.9 Å². The van der Waals surface area contributed by atoms with E-state index in [1.165, 1.54) is 12.1 Å². The Morgan fingerprint density at radius 3 is 2.14 bits per heavy atom. The lowest BCUT2D eigenvalue weighted by molar-refractivity contribution is -0.137. The first-order valence-electron chi connectivity index (χ1n) is 5.66. The molecule has 2 rings (SSSR count). The molecule has 7 heteroatoms. The third-order valence-electron chi connectivity index (χ3n) is 2.83. The zero-order valence-corrected chi connectivity index (χ0v) is 13.4. The highest BCUT2D eigenvalue weighted by molar-refractivity contribution is 9.11. The van der Waals surface area contributed by atoms with Gasteiger partial charge in [0.05, 0.1) is 10.4 Å². The maximum absolute atomic E-state index is 13.2. The average Bonchev–Trinajstić information content (AvgIpc) is 2.40. The van der Waals surface area contributed by atoms with Crippen molar-refractivity contribution in [1.29, 1.82) is 0 Å². The molecule has 0 N–H and O–H groups in total. The van der Waals surface area contributed by atoms with Crippen LogP contribution in [0.1, 0.15) is 21.5 Å². The van der Waals surface area contributed by atoms with Crippen LogP contribution in [0.25, 0.3) is 0 Å². The van der Waals surface area contributed by atoms with E-state index in [0.717, 1.165) is 24.3 Å². The van der Waals surface area contributed by atoms with Crippen molar-refractivity contribution in [1.82, 2.24) is 0 Å². The van der Waals surface area contributed by atoms with Crippen LogP contribution in [-0.4, -0.2) is 0 Å². The summed E-state index contributed by atoms with van der Waals surface area (Å²) in [7, 11) is 0. The lowest BCUT2D eigenvalue weighted by Crippen LogP contribution is -2.06. The molecule has 1 atom stereocenters. The topological polar surface area (TPSA) is 0 Å². The highest BCUT2D eigenvalue weighted by Gasteiger charge is 2.31. The average molecular weight is 430 g/mol. The second-order valence-corrected chi connectivity index (χ2v) is 6.04. The molecule has 0 radical (unpaired) electrons. The van der Waals surface area contributed by atoms with Crippen LogP contribution in [-0.2, 0) is 6.18 Å². The summed E-state index contributed by atoms with van der Waals surface area (Å²) in [5.41, 5.74) is -0.225. The number of hydrogen-bond acceptors (Lipinski definition) is 0. The number of benzene rings is 2. The van der Waals surface area contributed by atoms with Crippen LogP contribution in [0.15, 0.2) is 40.9 Å². The van der Waals surface area contributed by atoms with Crippen LogP contribution in [0.5, 0.6) is 0 Å². The van der Waals surface area contributed by atoms with Crippen molar-refractivity contribution in [3.05, 3.63) is 69.2 Å². The van der Waals surface area contributed by atoms with Gasteiger partial charge < -0.3 is 0 Å². The summed E-state index contributed by atoms with van der Waals surface area (Å²) in [6, 6.07) is 6.36. The Hall–Kier alpha value is -0.950. The van der Waals surface area contributed by atoms with Crippen molar-refractivity contribution in [3.8, 4) is 0 Å². The lowest BCUT2D eigenvalue weighted by Gasteiger charge is -2.16. The molecule has 0 bridgehead atoms. The molecule has 2 aromatic rings.